The molecule has 33 nitrogen and oxygen atoms in total. The molecule has 15 amide bonds. The summed E-state index contributed by atoms with van der Waals surface area (Å²) in [5.74, 6) is -11.9. The maximum Gasteiger partial charge on any atom is 0.490 e. The van der Waals surface area contributed by atoms with Crippen molar-refractivity contribution in [1.82, 2.24) is 74.4 Å². The fraction of sp³-hybridized carbons (Fsp3) is 0.692. The third-order valence-corrected chi connectivity index (χ3v) is 14.7. The summed E-state index contributed by atoms with van der Waals surface area (Å²) in [5.41, 5.74) is 3.52. The first-order chi connectivity index (χ1) is 40.2. The lowest BCUT2D eigenvalue weighted by Gasteiger charge is -2.31. The van der Waals surface area contributed by atoms with Crippen molar-refractivity contribution in [2.75, 3.05) is 0 Å². The number of carbonyl (C=O) groups excluding carboxylic acids is 15. The Morgan fingerprint density at radius 3 is 0.750 bits per heavy atom. The Bertz CT molecular complexity index is 2840. The number of primary amides is 1. The van der Waals surface area contributed by atoms with Crippen LogP contribution in [0.15, 0.2) is 0 Å². The molecule has 19 N–H and O–H groups in total. The Kier molecular flexibility index (Phi) is 22.8. The van der Waals surface area contributed by atoms with Crippen LogP contribution in [0.25, 0.3) is 0 Å². The van der Waals surface area contributed by atoms with Gasteiger partial charge in [0.1, 0.15) is 22.2 Å². The predicted molar refractivity (Wildman–Crippen MR) is 296 cm³/mol. The van der Waals surface area contributed by atoms with Crippen LogP contribution in [0.5, 0.6) is 0 Å². The second kappa shape index (κ2) is 28.0. The smallest absolute Gasteiger partial charge is 0.475 e. The van der Waals surface area contributed by atoms with Crippen molar-refractivity contribution in [2.45, 2.75) is 228 Å². The summed E-state index contributed by atoms with van der Waals surface area (Å²) in [7, 11) is 0. The van der Waals surface area contributed by atoms with E-state index in [9.17, 15) is 85.1 Å². The Morgan fingerprint density at radius 1 is 0.398 bits per heavy atom. The highest BCUT2D eigenvalue weighted by atomic mass is 19.4. The van der Waals surface area contributed by atoms with E-state index in [1.165, 1.54) is 69.2 Å². The number of amides is 15. The lowest BCUT2D eigenvalue weighted by atomic mass is 9.97. The molecule has 0 bridgehead atoms. The number of hydrogen-bond acceptors (Lipinski definition) is 17. The topological polar surface area (TPSA) is 514 Å². The van der Waals surface area contributed by atoms with E-state index >= 15 is 0 Å². The van der Waals surface area contributed by atoms with Crippen molar-refractivity contribution in [3.8, 4) is 0 Å². The van der Waals surface area contributed by atoms with Crippen molar-refractivity contribution in [3.05, 3.63) is 0 Å². The standard InChI is InChI=1S/C50H78N16O15.C2HF3O2/c1-46(2,52)41(77)58-27-13-33(69)54-22(27)17-37(73)63-48(5,6)43(79)60-29-15-35(71)56-24(29)19-39(75)65-50(9,10)45(81)62-30-16-36(72)57-25(30)20-40(76)66-49(7,8)44(80)61-28-14-34(70)55-23(28)18-38(74)64-47(3,4)42(78)59-26-12-32(68)53-21(26)11-31(51)67;3-2(4,5)1(6)7/h21-30H,11-20,52H2,1-10H3,(H2,51,67)(H,53,68)(H,54,69)(H,55,70)(H,56,71)(H,57,72)(H,58,77)(H,59,78)(H,60,79)(H,61,80)(H,62,81)(H,63,73)(H,64,74)(H,65,75)(H,66,76);(H,6,7)/t21-,22-,23-,24-,25-,26+,27+,28+,29+,30+;/m1./s1. The molecule has 10 atom stereocenters. The lowest BCUT2D eigenvalue weighted by Crippen LogP contribution is -2.61. The van der Waals surface area contributed by atoms with E-state index in [0.29, 0.717) is 0 Å². The predicted octanol–water partition coefficient (Wildman–Crippen LogP) is -6.76. The zero-order valence-electron chi connectivity index (χ0n) is 50.1. The SMILES string of the molecule is CC(C)(N)C(=O)N[C@H]1CC(=O)N[C@@H]1CC(=O)NC(C)(C)C(=O)N[C@H]1CC(=O)N[C@@H]1CC(=O)NC(C)(C)C(=O)N[C@H]1CC(=O)N[C@@H]1CC(=O)NC(C)(C)C(=O)N[C@H]1CC(=O)N[C@@H]1CC(=O)NC(C)(C)C(=O)N[C@H]1CC(=O)N[C@@H]1CC(N)=O.O=C(O)C(F)(F)F. The number of hydrogen-bond donors (Lipinski definition) is 17. The molecule has 0 saturated carbocycles. The average Bonchev–Trinajstić information content (AvgIpc) is 4.27. The first-order valence-corrected chi connectivity index (χ1v) is 27.8. The number of carboxylic acid groups (broad SMARTS) is 1. The maximum atomic E-state index is 13.7. The first kappa shape index (κ1) is 71.7. The number of aliphatic carboxylic acids is 1. The summed E-state index contributed by atoms with van der Waals surface area (Å²) in [6, 6.07) is -8.74. The largest absolute Gasteiger partial charge is 0.490 e. The second-order valence-electron chi connectivity index (χ2n) is 25.0. The van der Waals surface area contributed by atoms with E-state index in [0.717, 1.165) is 0 Å². The normalized spacial score (nSPS) is 24.5. The highest BCUT2D eigenvalue weighted by Gasteiger charge is 2.46. The molecule has 0 radical (unpaired) electrons. The molecule has 0 aromatic carbocycles. The minimum Gasteiger partial charge on any atom is -0.475 e. The van der Waals surface area contributed by atoms with E-state index < -0.39 is 202 Å². The van der Waals surface area contributed by atoms with E-state index in [4.69, 9.17) is 21.4 Å². The minimum absolute atomic E-state index is 0.0830. The Balaban J connectivity index is 0.00000222. The van der Waals surface area contributed by atoms with Crippen molar-refractivity contribution >= 4 is 94.6 Å². The number of carboxylic acids is 1. The lowest BCUT2D eigenvalue weighted by molar-refractivity contribution is -0.192. The zero-order chi connectivity index (χ0) is 67.0. The number of nitrogens with one attached hydrogen (secondary N) is 14. The van der Waals surface area contributed by atoms with Gasteiger partial charge in [0, 0.05) is 64.2 Å². The van der Waals surface area contributed by atoms with E-state index in [-0.39, 0.29) is 51.4 Å². The van der Waals surface area contributed by atoms with Gasteiger partial charge in [0.2, 0.25) is 88.6 Å². The van der Waals surface area contributed by atoms with Crippen LogP contribution in [0.2, 0.25) is 0 Å². The monoisotopic (exact) mass is 1260 g/mol. The average molecular weight is 1260 g/mol. The highest BCUT2D eigenvalue weighted by Crippen LogP contribution is 2.22. The molecular formula is C52H79F3N16O17. The Hall–Kier alpha value is -8.73. The number of carbonyl (C=O) groups is 16. The van der Waals surface area contributed by atoms with Gasteiger partial charge in [0.25, 0.3) is 0 Å². The minimum atomic E-state index is -5.08. The third kappa shape index (κ3) is 20.7. The van der Waals surface area contributed by atoms with Crippen LogP contribution in [0.1, 0.15) is 133 Å². The molecule has 5 aliphatic heterocycles. The van der Waals surface area contributed by atoms with Crippen LogP contribution in [-0.4, -0.2) is 194 Å². The van der Waals surface area contributed by atoms with Crippen molar-refractivity contribution in [2.24, 2.45) is 11.5 Å². The van der Waals surface area contributed by atoms with Crippen molar-refractivity contribution in [1.29, 1.82) is 0 Å². The number of halogens is 3. The van der Waals surface area contributed by atoms with Crippen LogP contribution in [0, 0.1) is 0 Å². The number of nitrogens with two attached hydrogens (primary N) is 2. The molecule has 5 aliphatic rings. The molecule has 0 spiro atoms. The molecule has 0 aliphatic carbocycles. The third-order valence-electron chi connectivity index (χ3n) is 14.7. The van der Waals surface area contributed by atoms with E-state index in [1.807, 2.05) is 0 Å². The van der Waals surface area contributed by atoms with Crippen LogP contribution >= 0.6 is 0 Å². The molecule has 0 aromatic rings. The molecule has 0 unspecified atom stereocenters. The molecule has 5 fully saturated rings. The van der Waals surface area contributed by atoms with Crippen LogP contribution < -0.4 is 85.9 Å². The quantitative estimate of drug-likeness (QED) is 0.0427. The summed E-state index contributed by atoms with van der Waals surface area (Å²) in [6.07, 6.45) is -7.67. The van der Waals surface area contributed by atoms with Gasteiger partial charge < -0.3 is 91.0 Å². The van der Waals surface area contributed by atoms with Gasteiger partial charge in [-0.15, -0.1) is 0 Å². The summed E-state index contributed by atoms with van der Waals surface area (Å²) < 4.78 is 31.7. The molecule has 0 aromatic heterocycles. The van der Waals surface area contributed by atoms with Crippen LogP contribution in [-0.2, 0) is 76.7 Å². The molecule has 490 valence electrons. The molecule has 36 heteroatoms. The van der Waals surface area contributed by atoms with Crippen LogP contribution in [0.4, 0.5) is 13.2 Å². The zero-order valence-corrected chi connectivity index (χ0v) is 50.1. The summed E-state index contributed by atoms with van der Waals surface area (Å²) in [6.45, 7) is 14.1. The fourth-order valence-electron chi connectivity index (χ4n) is 9.86. The maximum absolute atomic E-state index is 13.7. The molecule has 88 heavy (non-hydrogen) atoms. The summed E-state index contributed by atoms with van der Waals surface area (Å²) in [5, 5.41) is 44.1. The van der Waals surface area contributed by atoms with Gasteiger partial charge in [-0.25, -0.2) is 4.79 Å². The number of alkyl halides is 3. The van der Waals surface area contributed by atoms with Crippen molar-refractivity contribution in [3.63, 3.8) is 0 Å². The highest BCUT2D eigenvalue weighted by molar-refractivity contribution is 5.97. The van der Waals surface area contributed by atoms with Gasteiger partial charge >= 0.3 is 12.1 Å². The van der Waals surface area contributed by atoms with Gasteiger partial charge in [0.15, 0.2) is 0 Å². The number of rotatable bonds is 24. The van der Waals surface area contributed by atoms with Gasteiger partial charge in [-0.2, -0.15) is 13.2 Å². The summed E-state index contributed by atoms with van der Waals surface area (Å²) in [4.78, 5) is 202. The Labute approximate surface area is 502 Å². The molecule has 5 heterocycles. The Morgan fingerprint density at radius 2 is 0.580 bits per heavy atom. The van der Waals surface area contributed by atoms with Crippen molar-refractivity contribution < 1.29 is 95.0 Å². The molecule has 5 saturated heterocycles. The first-order valence-electron chi connectivity index (χ1n) is 27.8. The molecular weight excluding hydrogens is 1180 g/mol. The van der Waals surface area contributed by atoms with E-state index in [2.05, 4.69) is 74.4 Å². The van der Waals surface area contributed by atoms with Crippen LogP contribution in [0.3, 0.4) is 0 Å². The van der Waals surface area contributed by atoms with Gasteiger partial charge in [0.05, 0.1) is 66.0 Å². The summed E-state index contributed by atoms with van der Waals surface area (Å²) >= 11 is 0. The van der Waals surface area contributed by atoms with Gasteiger partial charge in [-0.1, -0.05) is 0 Å². The second-order valence-corrected chi connectivity index (χ2v) is 25.0. The molecule has 5 rings (SSSR count). The van der Waals surface area contributed by atoms with Gasteiger partial charge in [-0.3, -0.25) is 71.9 Å². The van der Waals surface area contributed by atoms with E-state index in [1.54, 1.807) is 0 Å². The van der Waals surface area contributed by atoms with Gasteiger partial charge in [-0.05, 0) is 69.2 Å². The fourth-order valence-corrected chi connectivity index (χ4v) is 9.86.